The summed E-state index contributed by atoms with van der Waals surface area (Å²) in [5, 5.41) is 3.29. The highest BCUT2D eigenvalue weighted by Crippen LogP contribution is 2.05. The Morgan fingerprint density at radius 2 is 2.15 bits per heavy atom. The average molecular weight is 178 g/mol. The SMILES string of the molecule is CCCCNc1ccc(CC)cn1. The third-order valence-corrected chi connectivity index (χ3v) is 2.07. The summed E-state index contributed by atoms with van der Waals surface area (Å²) in [6.07, 6.45) is 5.42. The van der Waals surface area contributed by atoms with Crippen molar-refractivity contribution < 1.29 is 0 Å². The summed E-state index contributed by atoms with van der Waals surface area (Å²) in [7, 11) is 0. The lowest BCUT2D eigenvalue weighted by molar-refractivity contribution is 0.831. The van der Waals surface area contributed by atoms with Crippen LogP contribution in [0, 0.1) is 0 Å². The molecule has 0 atom stereocenters. The van der Waals surface area contributed by atoms with Gasteiger partial charge in [-0.15, -0.1) is 0 Å². The Hall–Kier alpha value is -1.05. The van der Waals surface area contributed by atoms with Gasteiger partial charge < -0.3 is 5.32 Å². The standard InChI is InChI=1S/C11H18N2/c1-3-5-8-12-11-7-6-10(4-2)9-13-11/h6-7,9H,3-5,8H2,1-2H3,(H,12,13). The monoisotopic (exact) mass is 178 g/mol. The molecule has 0 spiro atoms. The molecule has 2 nitrogen and oxygen atoms in total. The summed E-state index contributed by atoms with van der Waals surface area (Å²) in [6, 6.07) is 4.18. The van der Waals surface area contributed by atoms with Gasteiger partial charge in [-0.25, -0.2) is 4.98 Å². The highest BCUT2D eigenvalue weighted by molar-refractivity contribution is 5.35. The maximum absolute atomic E-state index is 4.31. The molecular formula is C11H18N2. The lowest BCUT2D eigenvalue weighted by Gasteiger charge is -2.04. The number of aromatic nitrogens is 1. The molecule has 0 unspecified atom stereocenters. The zero-order chi connectivity index (χ0) is 9.52. The van der Waals surface area contributed by atoms with E-state index in [1.54, 1.807) is 0 Å². The molecule has 0 aromatic carbocycles. The number of hydrogen-bond acceptors (Lipinski definition) is 2. The Balaban J connectivity index is 2.40. The molecular weight excluding hydrogens is 160 g/mol. The molecule has 0 aliphatic rings. The minimum absolute atomic E-state index is 0.991. The van der Waals surface area contributed by atoms with Crippen LogP contribution in [-0.4, -0.2) is 11.5 Å². The number of aryl methyl sites for hydroxylation is 1. The quantitative estimate of drug-likeness (QED) is 0.701. The first-order valence-corrected chi connectivity index (χ1v) is 5.05. The highest BCUT2D eigenvalue weighted by Gasteiger charge is 1.92. The van der Waals surface area contributed by atoms with Crippen molar-refractivity contribution in [3.63, 3.8) is 0 Å². The van der Waals surface area contributed by atoms with Gasteiger partial charge >= 0.3 is 0 Å². The molecule has 0 fully saturated rings. The van der Waals surface area contributed by atoms with Crippen LogP contribution in [0.15, 0.2) is 18.3 Å². The van der Waals surface area contributed by atoms with Gasteiger partial charge in [0.1, 0.15) is 5.82 Å². The Morgan fingerprint density at radius 3 is 2.69 bits per heavy atom. The van der Waals surface area contributed by atoms with Crippen LogP contribution in [0.5, 0.6) is 0 Å². The Kier molecular flexibility index (Phi) is 4.30. The van der Waals surface area contributed by atoms with Crippen molar-refractivity contribution in [3.8, 4) is 0 Å². The van der Waals surface area contributed by atoms with Crippen molar-refractivity contribution in [3.05, 3.63) is 23.9 Å². The molecule has 1 rings (SSSR count). The largest absolute Gasteiger partial charge is 0.370 e. The molecule has 0 saturated heterocycles. The summed E-state index contributed by atoms with van der Waals surface area (Å²) in [5.41, 5.74) is 1.29. The van der Waals surface area contributed by atoms with E-state index in [4.69, 9.17) is 0 Å². The molecule has 13 heavy (non-hydrogen) atoms. The van der Waals surface area contributed by atoms with Gasteiger partial charge in [0.2, 0.25) is 0 Å². The van der Waals surface area contributed by atoms with Crippen LogP contribution in [-0.2, 0) is 6.42 Å². The third kappa shape index (κ3) is 3.45. The van der Waals surface area contributed by atoms with Gasteiger partial charge in [0.25, 0.3) is 0 Å². The first-order valence-electron chi connectivity index (χ1n) is 5.05. The maximum atomic E-state index is 4.31. The maximum Gasteiger partial charge on any atom is 0.125 e. The zero-order valence-corrected chi connectivity index (χ0v) is 8.51. The molecule has 1 N–H and O–H groups in total. The smallest absolute Gasteiger partial charge is 0.125 e. The van der Waals surface area contributed by atoms with Crippen molar-refractivity contribution in [2.24, 2.45) is 0 Å². The van der Waals surface area contributed by atoms with Crippen molar-refractivity contribution in [2.45, 2.75) is 33.1 Å². The number of rotatable bonds is 5. The van der Waals surface area contributed by atoms with Crippen LogP contribution < -0.4 is 5.32 Å². The van der Waals surface area contributed by atoms with E-state index in [1.807, 2.05) is 6.20 Å². The third-order valence-electron chi connectivity index (χ3n) is 2.07. The first kappa shape index (κ1) is 10.0. The van der Waals surface area contributed by atoms with E-state index < -0.39 is 0 Å². The lowest BCUT2D eigenvalue weighted by Crippen LogP contribution is -2.02. The number of nitrogens with zero attached hydrogens (tertiary/aromatic N) is 1. The van der Waals surface area contributed by atoms with E-state index in [-0.39, 0.29) is 0 Å². The topological polar surface area (TPSA) is 24.9 Å². The number of anilines is 1. The van der Waals surface area contributed by atoms with Gasteiger partial charge in [-0.05, 0) is 24.5 Å². The molecule has 0 aliphatic heterocycles. The predicted octanol–water partition coefficient (Wildman–Crippen LogP) is 2.86. The fourth-order valence-electron chi connectivity index (χ4n) is 1.13. The molecule has 0 radical (unpaired) electrons. The van der Waals surface area contributed by atoms with Crippen molar-refractivity contribution in [1.29, 1.82) is 0 Å². The highest BCUT2D eigenvalue weighted by atomic mass is 15.0. The molecule has 1 aromatic heterocycles. The minimum atomic E-state index is 0.991. The van der Waals surface area contributed by atoms with Crippen molar-refractivity contribution in [1.82, 2.24) is 4.98 Å². The van der Waals surface area contributed by atoms with Gasteiger partial charge in [0.05, 0.1) is 0 Å². The van der Waals surface area contributed by atoms with Crippen LogP contribution in [0.4, 0.5) is 5.82 Å². The Morgan fingerprint density at radius 1 is 1.31 bits per heavy atom. The van der Waals surface area contributed by atoms with Crippen molar-refractivity contribution >= 4 is 5.82 Å². The number of unbranched alkanes of at least 4 members (excludes halogenated alkanes) is 1. The van der Waals surface area contributed by atoms with Crippen LogP contribution in [0.3, 0.4) is 0 Å². The Labute approximate surface area is 80.4 Å². The van der Waals surface area contributed by atoms with Crippen LogP contribution in [0.25, 0.3) is 0 Å². The van der Waals surface area contributed by atoms with Gasteiger partial charge in [0, 0.05) is 12.7 Å². The second kappa shape index (κ2) is 5.57. The molecule has 0 saturated carbocycles. The molecule has 2 heteroatoms. The van der Waals surface area contributed by atoms with E-state index in [1.165, 1.54) is 18.4 Å². The molecule has 0 amide bonds. The molecule has 72 valence electrons. The Bertz CT molecular complexity index is 228. The fraction of sp³-hybridized carbons (Fsp3) is 0.545. The number of nitrogens with one attached hydrogen (secondary N) is 1. The van der Waals surface area contributed by atoms with E-state index in [0.29, 0.717) is 0 Å². The first-order chi connectivity index (χ1) is 6.36. The summed E-state index contributed by atoms with van der Waals surface area (Å²) in [5.74, 6) is 0.991. The van der Waals surface area contributed by atoms with E-state index in [0.717, 1.165) is 18.8 Å². The molecule has 0 bridgehead atoms. The average Bonchev–Trinajstić information content (AvgIpc) is 2.19. The van der Waals surface area contributed by atoms with Crippen molar-refractivity contribution in [2.75, 3.05) is 11.9 Å². The number of hydrogen-bond donors (Lipinski definition) is 1. The van der Waals surface area contributed by atoms with Gasteiger partial charge in [0.15, 0.2) is 0 Å². The fourth-order valence-corrected chi connectivity index (χ4v) is 1.13. The normalized spacial score (nSPS) is 10.0. The minimum Gasteiger partial charge on any atom is -0.370 e. The molecule has 0 aliphatic carbocycles. The zero-order valence-electron chi connectivity index (χ0n) is 8.51. The van der Waals surface area contributed by atoms with Gasteiger partial charge in [-0.1, -0.05) is 26.3 Å². The lowest BCUT2D eigenvalue weighted by atomic mass is 10.2. The van der Waals surface area contributed by atoms with Crippen LogP contribution in [0.1, 0.15) is 32.3 Å². The van der Waals surface area contributed by atoms with Gasteiger partial charge in [-0.3, -0.25) is 0 Å². The van der Waals surface area contributed by atoms with E-state index in [2.05, 4.69) is 36.3 Å². The van der Waals surface area contributed by atoms with E-state index >= 15 is 0 Å². The van der Waals surface area contributed by atoms with Gasteiger partial charge in [-0.2, -0.15) is 0 Å². The second-order valence-electron chi connectivity index (χ2n) is 3.19. The van der Waals surface area contributed by atoms with Crippen LogP contribution >= 0.6 is 0 Å². The predicted molar refractivity (Wildman–Crippen MR) is 57.0 cm³/mol. The second-order valence-corrected chi connectivity index (χ2v) is 3.19. The summed E-state index contributed by atoms with van der Waals surface area (Å²) in [6.45, 7) is 5.35. The summed E-state index contributed by atoms with van der Waals surface area (Å²) in [4.78, 5) is 4.31. The van der Waals surface area contributed by atoms with E-state index in [9.17, 15) is 0 Å². The summed E-state index contributed by atoms with van der Waals surface area (Å²) < 4.78 is 0. The molecule has 1 aromatic rings. The molecule has 1 heterocycles. The van der Waals surface area contributed by atoms with Crippen LogP contribution in [0.2, 0.25) is 0 Å². The summed E-state index contributed by atoms with van der Waals surface area (Å²) >= 11 is 0. The number of pyridine rings is 1.